The molecule has 1 heterocycles. The molecule has 1 aliphatic rings. The monoisotopic (exact) mass is 474 g/mol. The van der Waals surface area contributed by atoms with Crippen molar-refractivity contribution < 1.29 is 43.6 Å². The second kappa shape index (κ2) is 12.4. The van der Waals surface area contributed by atoms with Crippen molar-refractivity contribution in [1.82, 2.24) is 5.48 Å². The lowest BCUT2D eigenvalue weighted by molar-refractivity contribution is -0.124. The van der Waals surface area contributed by atoms with Gasteiger partial charge in [0.15, 0.2) is 17.6 Å². The van der Waals surface area contributed by atoms with Crippen LogP contribution < -0.4 is 25.0 Å². The van der Waals surface area contributed by atoms with Gasteiger partial charge >= 0.3 is 6.09 Å². The van der Waals surface area contributed by atoms with Gasteiger partial charge in [-0.05, 0) is 42.8 Å². The van der Waals surface area contributed by atoms with Crippen molar-refractivity contribution in [3.05, 3.63) is 60.2 Å². The molecule has 1 aliphatic heterocycles. The van der Waals surface area contributed by atoms with Crippen LogP contribution in [0.4, 0.5) is 10.5 Å². The topological polar surface area (TPSA) is 145 Å². The number of hydroxylamine groups is 1. The van der Waals surface area contributed by atoms with Gasteiger partial charge in [0.25, 0.3) is 5.91 Å². The summed E-state index contributed by atoms with van der Waals surface area (Å²) in [6.45, 7) is 2.13. The molecule has 11 heteroatoms. The standard InChI is InChI=1S/C23H26N2O9/c1-2-30-19(9-10-21(27)25-29)22(15-3-6-17(7-4-15)31-12-11-26)34-23(28)24-16-5-8-18-20(13-16)33-14-32-18/h3-10,13,19,22,26,29H,2,11-12,14H2,1H3,(H,24,28)(H,25,27)/b10-9+/t19-,22-/m1/s1. The van der Waals surface area contributed by atoms with Crippen LogP contribution in [0.15, 0.2) is 54.6 Å². The maximum Gasteiger partial charge on any atom is 0.412 e. The predicted octanol–water partition coefficient (Wildman–Crippen LogP) is 2.54. The molecule has 2 aromatic rings. The number of anilines is 1. The molecule has 0 bridgehead atoms. The van der Waals surface area contributed by atoms with Gasteiger partial charge in [-0.1, -0.05) is 12.1 Å². The lowest BCUT2D eigenvalue weighted by Crippen LogP contribution is -2.28. The highest BCUT2D eigenvalue weighted by molar-refractivity contribution is 5.87. The molecule has 0 saturated heterocycles. The van der Waals surface area contributed by atoms with E-state index in [1.54, 1.807) is 49.4 Å². The summed E-state index contributed by atoms with van der Waals surface area (Å²) >= 11 is 0. The third-order valence-electron chi connectivity index (χ3n) is 4.63. The summed E-state index contributed by atoms with van der Waals surface area (Å²) in [6.07, 6.45) is -0.124. The molecule has 0 spiro atoms. The summed E-state index contributed by atoms with van der Waals surface area (Å²) in [7, 11) is 0. The number of hydrogen-bond donors (Lipinski definition) is 4. The SMILES string of the molecule is CCO[C@H](/C=C/C(=O)NO)[C@H](OC(=O)Nc1ccc2c(c1)OCO2)c1ccc(OCCO)cc1. The average molecular weight is 474 g/mol. The fourth-order valence-corrected chi connectivity index (χ4v) is 3.13. The van der Waals surface area contributed by atoms with E-state index in [4.69, 9.17) is 34.0 Å². The molecule has 34 heavy (non-hydrogen) atoms. The third-order valence-corrected chi connectivity index (χ3v) is 4.63. The molecule has 3 rings (SSSR count). The highest BCUT2D eigenvalue weighted by Crippen LogP contribution is 2.34. The molecule has 11 nitrogen and oxygen atoms in total. The zero-order valence-corrected chi connectivity index (χ0v) is 18.4. The zero-order chi connectivity index (χ0) is 24.3. The number of aliphatic hydroxyl groups is 1. The molecular weight excluding hydrogens is 448 g/mol. The second-order valence-corrected chi connectivity index (χ2v) is 6.92. The molecule has 0 aliphatic carbocycles. The number of carbonyl (C=O) groups excluding carboxylic acids is 2. The van der Waals surface area contributed by atoms with Crippen molar-refractivity contribution in [3.8, 4) is 17.2 Å². The quantitative estimate of drug-likeness (QED) is 0.219. The van der Waals surface area contributed by atoms with Gasteiger partial charge in [0.2, 0.25) is 6.79 Å². The van der Waals surface area contributed by atoms with Crippen molar-refractivity contribution in [1.29, 1.82) is 0 Å². The highest BCUT2D eigenvalue weighted by atomic mass is 16.7. The predicted molar refractivity (Wildman–Crippen MR) is 119 cm³/mol. The average Bonchev–Trinajstić information content (AvgIpc) is 3.32. The first-order chi connectivity index (χ1) is 16.5. The Labute approximate surface area is 195 Å². The lowest BCUT2D eigenvalue weighted by Gasteiger charge is -2.25. The zero-order valence-electron chi connectivity index (χ0n) is 18.4. The van der Waals surface area contributed by atoms with Gasteiger partial charge in [0.05, 0.1) is 6.61 Å². The Morgan fingerprint density at radius 2 is 1.91 bits per heavy atom. The van der Waals surface area contributed by atoms with E-state index < -0.39 is 24.2 Å². The second-order valence-electron chi connectivity index (χ2n) is 6.92. The van der Waals surface area contributed by atoms with Crippen LogP contribution in [0.5, 0.6) is 17.2 Å². The Morgan fingerprint density at radius 3 is 2.62 bits per heavy atom. The Balaban J connectivity index is 1.81. The van der Waals surface area contributed by atoms with Crippen LogP contribution in [0.1, 0.15) is 18.6 Å². The number of amides is 2. The fourth-order valence-electron chi connectivity index (χ4n) is 3.13. The number of carbonyl (C=O) groups is 2. The summed E-state index contributed by atoms with van der Waals surface area (Å²) in [5, 5.41) is 20.3. The molecular formula is C23H26N2O9. The van der Waals surface area contributed by atoms with Crippen LogP contribution in [-0.4, -0.2) is 55.0 Å². The van der Waals surface area contributed by atoms with Gasteiger partial charge in [-0.25, -0.2) is 10.3 Å². The van der Waals surface area contributed by atoms with Crippen LogP contribution >= 0.6 is 0 Å². The first-order valence-corrected chi connectivity index (χ1v) is 10.5. The first-order valence-electron chi connectivity index (χ1n) is 10.5. The molecule has 2 amide bonds. The number of rotatable bonds is 11. The van der Waals surface area contributed by atoms with Crippen molar-refractivity contribution in [2.75, 3.05) is 31.9 Å². The number of benzene rings is 2. The summed E-state index contributed by atoms with van der Waals surface area (Å²) < 4.78 is 27.3. The summed E-state index contributed by atoms with van der Waals surface area (Å²) in [5.41, 5.74) is 2.50. The van der Waals surface area contributed by atoms with Crippen molar-refractivity contribution in [2.24, 2.45) is 0 Å². The van der Waals surface area contributed by atoms with Crippen LogP contribution in [0.3, 0.4) is 0 Å². The normalized spacial score (nSPS) is 13.9. The van der Waals surface area contributed by atoms with Crippen LogP contribution in [-0.2, 0) is 14.3 Å². The van der Waals surface area contributed by atoms with Crippen LogP contribution in [0.2, 0.25) is 0 Å². The smallest absolute Gasteiger partial charge is 0.412 e. The molecule has 2 aromatic carbocycles. The van der Waals surface area contributed by atoms with Crippen LogP contribution in [0.25, 0.3) is 0 Å². The fraction of sp³-hybridized carbons (Fsp3) is 0.304. The number of fused-ring (bicyclic) bond motifs is 1. The number of hydrogen-bond acceptors (Lipinski definition) is 9. The maximum absolute atomic E-state index is 12.8. The van der Waals surface area contributed by atoms with Crippen LogP contribution in [0, 0.1) is 0 Å². The number of aliphatic hydroxyl groups excluding tert-OH is 1. The van der Waals surface area contributed by atoms with Gasteiger partial charge in [0.1, 0.15) is 18.5 Å². The van der Waals surface area contributed by atoms with E-state index in [1.165, 1.54) is 11.6 Å². The summed E-state index contributed by atoms with van der Waals surface area (Å²) in [6, 6.07) is 11.6. The van der Waals surface area contributed by atoms with Gasteiger partial charge < -0.3 is 28.8 Å². The molecule has 4 N–H and O–H groups in total. The van der Waals surface area contributed by atoms with Gasteiger partial charge in [-0.2, -0.15) is 0 Å². The molecule has 0 unspecified atom stereocenters. The molecule has 182 valence electrons. The van der Waals surface area contributed by atoms with Crippen molar-refractivity contribution in [3.63, 3.8) is 0 Å². The van der Waals surface area contributed by atoms with Crippen molar-refractivity contribution in [2.45, 2.75) is 19.1 Å². The Bertz CT molecular complexity index is 994. The molecule has 0 radical (unpaired) electrons. The minimum Gasteiger partial charge on any atom is -0.491 e. The molecule has 2 atom stereocenters. The number of ether oxygens (including phenoxy) is 5. The van der Waals surface area contributed by atoms with E-state index in [1.807, 2.05) is 0 Å². The van der Waals surface area contributed by atoms with E-state index in [-0.39, 0.29) is 26.6 Å². The van der Waals surface area contributed by atoms with E-state index in [0.717, 1.165) is 6.08 Å². The van der Waals surface area contributed by atoms with E-state index >= 15 is 0 Å². The minimum absolute atomic E-state index is 0.104. The van der Waals surface area contributed by atoms with E-state index in [2.05, 4.69) is 5.32 Å². The Morgan fingerprint density at radius 1 is 1.15 bits per heavy atom. The van der Waals surface area contributed by atoms with Gasteiger partial charge in [-0.3, -0.25) is 15.3 Å². The first kappa shape index (κ1) is 24.8. The summed E-state index contributed by atoms with van der Waals surface area (Å²) in [4.78, 5) is 24.2. The lowest BCUT2D eigenvalue weighted by atomic mass is 10.0. The van der Waals surface area contributed by atoms with Crippen molar-refractivity contribution >= 4 is 17.7 Å². The largest absolute Gasteiger partial charge is 0.491 e. The Kier molecular flexibility index (Phi) is 9.09. The molecule has 0 aromatic heterocycles. The van der Waals surface area contributed by atoms with E-state index in [9.17, 15) is 9.59 Å². The van der Waals surface area contributed by atoms with Gasteiger partial charge in [-0.15, -0.1) is 0 Å². The minimum atomic E-state index is -0.955. The van der Waals surface area contributed by atoms with E-state index in [0.29, 0.717) is 28.5 Å². The number of nitrogens with one attached hydrogen (secondary N) is 2. The van der Waals surface area contributed by atoms with Gasteiger partial charge in [0, 0.05) is 24.4 Å². The molecule has 0 saturated carbocycles. The highest BCUT2D eigenvalue weighted by Gasteiger charge is 2.27. The maximum atomic E-state index is 12.8. The molecule has 0 fully saturated rings. The Hall–Kier alpha value is -3.80. The summed E-state index contributed by atoms with van der Waals surface area (Å²) in [5.74, 6) is 0.826. The third kappa shape index (κ3) is 6.85.